The van der Waals surface area contributed by atoms with E-state index in [-0.39, 0.29) is 0 Å². The summed E-state index contributed by atoms with van der Waals surface area (Å²) in [6.07, 6.45) is 7.44. The molecule has 0 amide bonds. The predicted octanol–water partition coefficient (Wildman–Crippen LogP) is 4.36. The van der Waals surface area contributed by atoms with Gasteiger partial charge in [-0.2, -0.15) is 0 Å². The van der Waals surface area contributed by atoms with Gasteiger partial charge in [0.25, 0.3) is 0 Å². The number of pyridine rings is 2. The van der Waals surface area contributed by atoms with E-state index in [0.29, 0.717) is 0 Å². The molecule has 0 radical (unpaired) electrons. The van der Waals surface area contributed by atoms with E-state index >= 15 is 0 Å². The molecule has 25 heavy (non-hydrogen) atoms. The highest BCUT2D eigenvalue weighted by Crippen LogP contribution is 2.27. The summed E-state index contributed by atoms with van der Waals surface area (Å²) >= 11 is 0. The van der Waals surface area contributed by atoms with Crippen molar-refractivity contribution in [2.45, 2.75) is 13.5 Å². The fourth-order valence-corrected chi connectivity index (χ4v) is 2.88. The Hall–Kier alpha value is -3.27. The summed E-state index contributed by atoms with van der Waals surface area (Å²) in [5, 5.41) is 0. The zero-order valence-electron chi connectivity index (χ0n) is 14.0. The van der Waals surface area contributed by atoms with Crippen LogP contribution in [0.5, 0.6) is 0 Å². The Morgan fingerprint density at radius 2 is 1.68 bits per heavy atom. The second-order valence-corrected chi connectivity index (χ2v) is 5.97. The second-order valence-electron chi connectivity index (χ2n) is 5.97. The summed E-state index contributed by atoms with van der Waals surface area (Å²) < 4.78 is 2.22. The van der Waals surface area contributed by atoms with Crippen LogP contribution in [0.25, 0.3) is 22.6 Å². The first-order valence-corrected chi connectivity index (χ1v) is 8.24. The lowest BCUT2D eigenvalue weighted by Crippen LogP contribution is -2.04. The Balaban J connectivity index is 1.84. The van der Waals surface area contributed by atoms with Crippen molar-refractivity contribution in [2.24, 2.45) is 0 Å². The fraction of sp³-hybridized carbons (Fsp3) is 0.0952. The van der Waals surface area contributed by atoms with Crippen LogP contribution < -0.4 is 0 Å². The third-order valence-corrected chi connectivity index (χ3v) is 4.17. The molecule has 0 atom stereocenters. The van der Waals surface area contributed by atoms with Crippen LogP contribution in [-0.2, 0) is 6.54 Å². The molecule has 0 saturated heterocycles. The van der Waals surface area contributed by atoms with Gasteiger partial charge in [0.15, 0.2) is 0 Å². The van der Waals surface area contributed by atoms with Crippen molar-refractivity contribution in [3.8, 4) is 22.6 Å². The SMILES string of the molecule is Cc1ccc(-c2cnc(-c3cccnc3)n2Cc2ccccc2)cn1. The van der Waals surface area contributed by atoms with Crippen molar-refractivity contribution < 1.29 is 0 Å². The Bertz CT molecular complexity index is 958. The Morgan fingerprint density at radius 1 is 0.800 bits per heavy atom. The van der Waals surface area contributed by atoms with Crippen LogP contribution in [-0.4, -0.2) is 19.5 Å². The molecule has 0 saturated carbocycles. The summed E-state index contributed by atoms with van der Waals surface area (Å²) in [4.78, 5) is 13.3. The average molecular weight is 326 g/mol. The van der Waals surface area contributed by atoms with Gasteiger partial charge in [-0.3, -0.25) is 9.97 Å². The van der Waals surface area contributed by atoms with E-state index in [1.54, 1.807) is 6.20 Å². The topological polar surface area (TPSA) is 43.6 Å². The number of benzene rings is 1. The van der Waals surface area contributed by atoms with Crippen molar-refractivity contribution >= 4 is 0 Å². The van der Waals surface area contributed by atoms with Gasteiger partial charge in [-0.1, -0.05) is 30.3 Å². The molecule has 4 nitrogen and oxygen atoms in total. The number of aryl methyl sites for hydroxylation is 1. The maximum Gasteiger partial charge on any atom is 0.142 e. The summed E-state index contributed by atoms with van der Waals surface area (Å²) in [6.45, 7) is 2.74. The molecule has 0 N–H and O–H groups in total. The van der Waals surface area contributed by atoms with Crippen molar-refractivity contribution in [1.29, 1.82) is 0 Å². The van der Waals surface area contributed by atoms with E-state index in [9.17, 15) is 0 Å². The zero-order valence-corrected chi connectivity index (χ0v) is 14.0. The third-order valence-electron chi connectivity index (χ3n) is 4.17. The molecule has 122 valence electrons. The minimum atomic E-state index is 0.744. The van der Waals surface area contributed by atoms with Gasteiger partial charge in [-0.25, -0.2) is 4.98 Å². The van der Waals surface area contributed by atoms with Gasteiger partial charge in [0.05, 0.1) is 11.9 Å². The van der Waals surface area contributed by atoms with Crippen LogP contribution in [0.4, 0.5) is 0 Å². The van der Waals surface area contributed by atoms with Crippen molar-refractivity contribution in [1.82, 2.24) is 19.5 Å². The van der Waals surface area contributed by atoms with E-state index in [2.05, 4.69) is 49.9 Å². The lowest BCUT2D eigenvalue weighted by atomic mass is 10.1. The van der Waals surface area contributed by atoms with Crippen molar-refractivity contribution in [3.05, 3.63) is 90.6 Å². The van der Waals surface area contributed by atoms with Crippen molar-refractivity contribution in [3.63, 3.8) is 0 Å². The zero-order chi connectivity index (χ0) is 17.1. The molecule has 4 heteroatoms. The van der Waals surface area contributed by atoms with E-state index in [0.717, 1.165) is 34.9 Å². The van der Waals surface area contributed by atoms with Gasteiger partial charge < -0.3 is 4.57 Å². The van der Waals surface area contributed by atoms with Crippen LogP contribution in [0.3, 0.4) is 0 Å². The summed E-state index contributed by atoms with van der Waals surface area (Å²) in [6, 6.07) is 18.5. The first-order chi connectivity index (χ1) is 12.3. The summed E-state index contributed by atoms with van der Waals surface area (Å²) in [5.41, 5.74) is 5.35. The average Bonchev–Trinajstić information content (AvgIpc) is 3.07. The Labute approximate surface area is 146 Å². The number of aromatic nitrogens is 4. The first kappa shape index (κ1) is 15.3. The molecule has 4 rings (SSSR count). The fourth-order valence-electron chi connectivity index (χ4n) is 2.88. The van der Waals surface area contributed by atoms with Crippen LogP contribution in [0.15, 0.2) is 79.4 Å². The largest absolute Gasteiger partial charge is 0.319 e. The lowest BCUT2D eigenvalue weighted by Gasteiger charge is -2.12. The normalized spacial score (nSPS) is 10.8. The number of hydrogen-bond acceptors (Lipinski definition) is 3. The van der Waals surface area contributed by atoms with Crippen LogP contribution in [0, 0.1) is 6.92 Å². The molecule has 1 aromatic carbocycles. The van der Waals surface area contributed by atoms with Gasteiger partial charge in [0.2, 0.25) is 0 Å². The summed E-state index contributed by atoms with van der Waals surface area (Å²) in [5.74, 6) is 0.910. The summed E-state index contributed by atoms with van der Waals surface area (Å²) in [7, 11) is 0. The van der Waals surface area contributed by atoms with Crippen molar-refractivity contribution in [2.75, 3.05) is 0 Å². The first-order valence-electron chi connectivity index (χ1n) is 8.24. The van der Waals surface area contributed by atoms with Crippen LogP contribution >= 0.6 is 0 Å². The minimum absolute atomic E-state index is 0.744. The molecule has 3 heterocycles. The highest BCUT2D eigenvalue weighted by Gasteiger charge is 2.14. The van der Waals surface area contributed by atoms with Gasteiger partial charge >= 0.3 is 0 Å². The Morgan fingerprint density at radius 3 is 2.40 bits per heavy atom. The maximum absolute atomic E-state index is 4.68. The molecule has 0 bridgehead atoms. The molecular formula is C21H18N4. The van der Waals surface area contributed by atoms with Gasteiger partial charge in [-0.15, -0.1) is 0 Å². The van der Waals surface area contributed by atoms with E-state index in [1.807, 2.05) is 49.8 Å². The molecular weight excluding hydrogens is 308 g/mol. The molecule has 0 aliphatic heterocycles. The van der Waals surface area contributed by atoms with E-state index in [1.165, 1.54) is 5.56 Å². The number of nitrogens with zero attached hydrogens (tertiary/aromatic N) is 4. The predicted molar refractivity (Wildman–Crippen MR) is 99.0 cm³/mol. The molecule has 0 spiro atoms. The molecule has 0 unspecified atom stereocenters. The van der Waals surface area contributed by atoms with E-state index < -0.39 is 0 Å². The monoisotopic (exact) mass is 326 g/mol. The van der Waals surface area contributed by atoms with E-state index in [4.69, 9.17) is 0 Å². The highest BCUT2D eigenvalue weighted by molar-refractivity contribution is 5.65. The number of imidazole rings is 1. The lowest BCUT2D eigenvalue weighted by molar-refractivity contribution is 0.813. The van der Waals surface area contributed by atoms with Gasteiger partial charge in [-0.05, 0) is 36.8 Å². The Kier molecular flexibility index (Phi) is 4.09. The molecule has 3 aromatic heterocycles. The molecule has 0 fully saturated rings. The highest BCUT2D eigenvalue weighted by atomic mass is 15.1. The maximum atomic E-state index is 4.68. The molecule has 4 aromatic rings. The van der Waals surface area contributed by atoms with Crippen LogP contribution in [0.2, 0.25) is 0 Å². The third kappa shape index (κ3) is 3.19. The van der Waals surface area contributed by atoms with Gasteiger partial charge in [0, 0.05) is 42.0 Å². The number of hydrogen-bond donors (Lipinski definition) is 0. The second kappa shape index (κ2) is 6.69. The standard InChI is InChI=1S/C21H18N4/c1-16-9-10-18(13-23-16)20-14-24-21(19-8-5-11-22-12-19)25(20)15-17-6-3-2-4-7-17/h2-14H,15H2,1H3. The van der Waals surface area contributed by atoms with Crippen LogP contribution in [0.1, 0.15) is 11.3 Å². The molecule has 0 aliphatic rings. The number of rotatable bonds is 4. The smallest absolute Gasteiger partial charge is 0.142 e. The quantitative estimate of drug-likeness (QED) is 0.559. The van der Waals surface area contributed by atoms with Gasteiger partial charge in [0.1, 0.15) is 5.82 Å². The minimum Gasteiger partial charge on any atom is -0.319 e. The molecule has 0 aliphatic carbocycles.